The van der Waals surface area contributed by atoms with E-state index in [9.17, 15) is 8.42 Å². The molecule has 2 aliphatic heterocycles. The molecule has 2 heterocycles. The van der Waals surface area contributed by atoms with Crippen molar-refractivity contribution >= 4 is 33.3 Å². The van der Waals surface area contributed by atoms with E-state index in [4.69, 9.17) is 57.3 Å². The molecule has 1 atom stereocenters. The molecule has 3 rings (SSSR count). The molecule has 1 saturated heterocycles. The average molecular weight is 550 g/mol. The van der Waals surface area contributed by atoms with Gasteiger partial charge in [-0.15, -0.1) is 23.2 Å². The van der Waals surface area contributed by atoms with Crippen LogP contribution in [0.15, 0.2) is 41.5 Å². The first-order valence-electron chi connectivity index (χ1n) is 10.7. The number of aliphatic hydroxyl groups excluding tert-OH is 3. The van der Waals surface area contributed by atoms with Crippen LogP contribution in [0, 0.1) is 6.92 Å². The van der Waals surface area contributed by atoms with Crippen molar-refractivity contribution in [1.82, 2.24) is 0 Å². The maximum atomic E-state index is 10.5. The summed E-state index contributed by atoms with van der Waals surface area (Å²) in [7, 11) is -4.02. The van der Waals surface area contributed by atoms with Crippen LogP contribution >= 0.6 is 23.2 Å². The molecule has 0 aliphatic carbocycles. The number of hydrogen-bond donors (Lipinski definition) is 4. The molecule has 34 heavy (non-hydrogen) atoms. The molecule has 1 aromatic rings. The first kappa shape index (κ1) is 35.2. The Kier molecular flexibility index (Phi) is 26.0. The predicted octanol–water partition coefficient (Wildman–Crippen LogP) is 3.47. The fraction of sp³-hybridized carbons (Fsp3) is 0.636. The maximum absolute atomic E-state index is 10.5. The lowest BCUT2D eigenvalue weighted by Gasteiger charge is -2.21. The quantitative estimate of drug-likeness (QED) is 0.321. The van der Waals surface area contributed by atoms with Gasteiger partial charge in [0.1, 0.15) is 0 Å². The van der Waals surface area contributed by atoms with E-state index < -0.39 is 10.1 Å². The monoisotopic (exact) mass is 548 g/mol. The van der Waals surface area contributed by atoms with Gasteiger partial charge in [-0.3, -0.25) is 4.55 Å². The van der Waals surface area contributed by atoms with Crippen LogP contribution in [-0.2, 0) is 24.3 Å². The van der Waals surface area contributed by atoms with E-state index in [1.54, 1.807) is 18.4 Å². The lowest BCUT2D eigenvalue weighted by Crippen LogP contribution is -2.23. The molecular formula is C22H38Cl2O9S. The van der Waals surface area contributed by atoms with Crippen LogP contribution in [0.25, 0.3) is 0 Å². The number of rotatable bonds is 5. The van der Waals surface area contributed by atoms with Crippen molar-refractivity contribution in [1.29, 1.82) is 0 Å². The number of aryl methyl sites for hydroxylation is 1. The van der Waals surface area contributed by atoms with Crippen LogP contribution in [-0.4, -0.2) is 79.6 Å². The molecule has 1 fully saturated rings. The van der Waals surface area contributed by atoms with Crippen LogP contribution in [0.1, 0.15) is 37.7 Å². The van der Waals surface area contributed by atoms with E-state index in [0.717, 1.165) is 31.6 Å². The second-order valence-electron chi connectivity index (χ2n) is 6.61. The number of halogens is 2. The van der Waals surface area contributed by atoms with Gasteiger partial charge < -0.3 is 29.5 Å². The van der Waals surface area contributed by atoms with Gasteiger partial charge in [-0.1, -0.05) is 17.7 Å². The molecule has 9 nitrogen and oxygen atoms in total. The van der Waals surface area contributed by atoms with E-state index >= 15 is 0 Å². The normalized spacial score (nSPS) is 16.5. The molecule has 12 heteroatoms. The maximum Gasteiger partial charge on any atom is 0.294 e. The Morgan fingerprint density at radius 2 is 1.62 bits per heavy atom. The molecule has 200 valence electrons. The highest BCUT2D eigenvalue weighted by Gasteiger charge is 2.12. The largest absolute Gasteiger partial charge is 0.502 e. The van der Waals surface area contributed by atoms with Crippen molar-refractivity contribution in [2.45, 2.75) is 50.2 Å². The minimum Gasteiger partial charge on any atom is -0.502 e. The molecular weight excluding hydrogens is 511 g/mol. The summed E-state index contributed by atoms with van der Waals surface area (Å²) < 4.78 is 44.8. The van der Waals surface area contributed by atoms with Crippen LogP contribution in [0.2, 0.25) is 0 Å². The van der Waals surface area contributed by atoms with Gasteiger partial charge in [0.15, 0.2) is 6.29 Å². The summed E-state index contributed by atoms with van der Waals surface area (Å²) >= 11 is 9.53. The molecule has 0 spiro atoms. The Hall–Kier alpha value is -0.950. The summed E-state index contributed by atoms with van der Waals surface area (Å²) in [5.41, 5.74) is 0.956. The SMILES string of the molecule is C1=COCCC1.Cc1ccc(S(=O)(=O)O)cc1.ClCCl.OCCO.OCCOC1CCCCO1. The first-order valence-corrected chi connectivity index (χ1v) is 13.3. The van der Waals surface area contributed by atoms with E-state index in [-0.39, 0.29) is 36.3 Å². The molecule has 0 radical (unpaired) electrons. The van der Waals surface area contributed by atoms with Crippen LogP contribution < -0.4 is 0 Å². The van der Waals surface area contributed by atoms with E-state index in [1.165, 1.54) is 31.4 Å². The molecule has 2 aliphatic rings. The second-order valence-corrected chi connectivity index (χ2v) is 8.84. The van der Waals surface area contributed by atoms with Gasteiger partial charge in [-0.05, 0) is 57.2 Å². The summed E-state index contributed by atoms with van der Waals surface area (Å²) in [5, 5.41) is 23.9. The number of benzene rings is 1. The molecule has 0 bridgehead atoms. The third-order valence-electron chi connectivity index (χ3n) is 3.78. The zero-order valence-electron chi connectivity index (χ0n) is 19.5. The van der Waals surface area contributed by atoms with Crippen LogP contribution in [0.4, 0.5) is 0 Å². The highest BCUT2D eigenvalue weighted by atomic mass is 35.5. The van der Waals surface area contributed by atoms with Crippen molar-refractivity contribution < 1.29 is 42.5 Å². The summed E-state index contributed by atoms with van der Waals surface area (Å²) in [4.78, 5) is -0.0666. The third-order valence-corrected chi connectivity index (χ3v) is 4.65. The van der Waals surface area contributed by atoms with Crippen molar-refractivity contribution in [3.05, 3.63) is 42.2 Å². The Bertz CT molecular complexity index is 670. The highest BCUT2D eigenvalue weighted by Crippen LogP contribution is 2.13. The molecule has 0 amide bonds. The summed E-state index contributed by atoms with van der Waals surface area (Å²) in [6, 6.07) is 5.99. The molecule has 0 saturated carbocycles. The van der Waals surface area contributed by atoms with E-state index in [0.29, 0.717) is 6.61 Å². The molecule has 4 N–H and O–H groups in total. The van der Waals surface area contributed by atoms with E-state index in [2.05, 4.69) is 0 Å². The molecule has 0 aromatic heterocycles. The fourth-order valence-electron chi connectivity index (χ4n) is 2.23. The smallest absolute Gasteiger partial charge is 0.294 e. The Balaban J connectivity index is 0. The van der Waals surface area contributed by atoms with Crippen molar-refractivity contribution in [2.75, 3.05) is 45.0 Å². The summed E-state index contributed by atoms with van der Waals surface area (Å²) in [5.74, 6) is 0. The number of aliphatic hydroxyl groups is 3. The number of hydrogen-bond acceptors (Lipinski definition) is 8. The minimum absolute atomic E-state index is 0.0547. The zero-order chi connectivity index (χ0) is 26.1. The Morgan fingerprint density at radius 1 is 1.00 bits per heavy atom. The van der Waals surface area contributed by atoms with Gasteiger partial charge >= 0.3 is 0 Å². The Labute approximate surface area is 213 Å². The second kappa shape index (κ2) is 25.2. The average Bonchev–Trinajstić information content (AvgIpc) is 2.86. The minimum atomic E-state index is -4.02. The highest BCUT2D eigenvalue weighted by molar-refractivity contribution is 7.85. The molecule has 1 aromatic carbocycles. The van der Waals surface area contributed by atoms with E-state index in [1.807, 2.05) is 13.0 Å². The van der Waals surface area contributed by atoms with Crippen molar-refractivity contribution in [3.63, 3.8) is 0 Å². The summed E-state index contributed by atoms with van der Waals surface area (Å²) in [6.07, 6.45) is 9.43. The Morgan fingerprint density at radius 3 is 1.94 bits per heavy atom. The summed E-state index contributed by atoms with van der Waals surface area (Å²) in [6.45, 7) is 3.78. The van der Waals surface area contributed by atoms with Gasteiger partial charge in [-0.2, -0.15) is 8.42 Å². The zero-order valence-corrected chi connectivity index (χ0v) is 21.8. The van der Waals surface area contributed by atoms with Crippen molar-refractivity contribution in [2.24, 2.45) is 0 Å². The number of ether oxygens (including phenoxy) is 3. The van der Waals surface area contributed by atoms with Gasteiger partial charge in [0.25, 0.3) is 10.1 Å². The topological polar surface area (TPSA) is 143 Å². The van der Waals surface area contributed by atoms with Gasteiger partial charge in [0.05, 0.1) is 49.5 Å². The fourth-order valence-corrected chi connectivity index (χ4v) is 2.71. The standard InChI is InChI=1S/C7H8O3S.C7H14O3.C5H8O.C2H6O2.CH2Cl2/c1-6-2-4-7(5-3-6)11(8,9)10;8-4-6-10-7-3-1-2-5-9-7;1-2-4-6-5-3-1;3-1-2-4;2-1-3/h2-5H,1H3,(H,8,9,10);7-8H,1-6H2;2,4H,1,3,5H2;3-4H,1-2H2;1H2. The number of alkyl halides is 2. The number of allylic oxidation sites excluding steroid dienone is 1. The lowest BCUT2D eigenvalue weighted by atomic mass is 10.2. The van der Waals surface area contributed by atoms with Gasteiger partial charge in [0, 0.05) is 6.61 Å². The lowest BCUT2D eigenvalue weighted by molar-refractivity contribution is -0.166. The molecule has 1 unspecified atom stereocenters. The predicted molar refractivity (Wildman–Crippen MR) is 133 cm³/mol. The first-order chi connectivity index (χ1) is 16.3. The van der Waals surface area contributed by atoms with Crippen LogP contribution in [0.5, 0.6) is 0 Å². The van der Waals surface area contributed by atoms with Gasteiger partial charge in [-0.25, -0.2) is 0 Å². The van der Waals surface area contributed by atoms with Gasteiger partial charge in [0.2, 0.25) is 0 Å². The third kappa shape index (κ3) is 24.2. The van der Waals surface area contributed by atoms with Crippen LogP contribution in [0.3, 0.4) is 0 Å². The van der Waals surface area contributed by atoms with Crippen molar-refractivity contribution in [3.8, 4) is 0 Å².